The Balaban J connectivity index is 2.54. The third-order valence-electron chi connectivity index (χ3n) is 5.94. The van der Waals surface area contributed by atoms with Gasteiger partial charge in [-0.25, -0.2) is 9.59 Å². The Labute approximate surface area is 217 Å². The van der Waals surface area contributed by atoms with Gasteiger partial charge in [-0.05, 0) is 58.6 Å². The van der Waals surface area contributed by atoms with Crippen molar-refractivity contribution >= 4 is 11.9 Å². The highest BCUT2D eigenvalue weighted by Gasteiger charge is 2.45. The molecule has 0 aromatic rings. The van der Waals surface area contributed by atoms with Crippen molar-refractivity contribution in [2.45, 2.75) is 83.8 Å². The van der Waals surface area contributed by atoms with Crippen LogP contribution in [0.25, 0.3) is 0 Å². The maximum Gasteiger partial charge on any atom is 0.335 e. The average molecular weight is 529 g/mol. The van der Waals surface area contributed by atoms with Gasteiger partial charge in [0.15, 0.2) is 0 Å². The number of hydrogen-bond acceptors (Lipinski definition) is 11. The summed E-state index contributed by atoms with van der Waals surface area (Å²) in [5, 5.41) is 57.9. The molecule has 1 rings (SSSR count). The van der Waals surface area contributed by atoms with Gasteiger partial charge in [-0.15, -0.1) is 0 Å². The number of rotatable bonds is 13. The second-order valence-electron chi connectivity index (χ2n) is 8.95. The first kappa shape index (κ1) is 32.6. The Hall–Kier alpha value is -2.38. The van der Waals surface area contributed by atoms with Crippen LogP contribution in [0, 0.1) is 0 Å². The number of aliphatic hydroxyl groups excluding tert-OH is 6. The first-order chi connectivity index (χ1) is 17.4. The van der Waals surface area contributed by atoms with Crippen LogP contribution in [-0.2, 0) is 23.8 Å². The smallest absolute Gasteiger partial charge is 0.335 e. The Kier molecular flexibility index (Phi) is 14.5. The summed E-state index contributed by atoms with van der Waals surface area (Å²) in [4.78, 5) is 24.4. The highest BCUT2D eigenvalue weighted by atomic mass is 16.7. The molecule has 1 unspecified atom stereocenters. The molecule has 0 aliphatic carbocycles. The highest BCUT2D eigenvalue weighted by Crippen LogP contribution is 2.23. The summed E-state index contributed by atoms with van der Waals surface area (Å²) < 4.78 is 15.4. The highest BCUT2D eigenvalue weighted by molar-refractivity contribution is 5.88. The van der Waals surface area contributed by atoms with Crippen LogP contribution in [0.1, 0.15) is 47.0 Å². The van der Waals surface area contributed by atoms with Gasteiger partial charge in [-0.1, -0.05) is 23.8 Å². The second kappa shape index (κ2) is 16.5. The van der Waals surface area contributed by atoms with Crippen molar-refractivity contribution in [2.75, 3.05) is 19.8 Å². The summed E-state index contributed by atoms with van der Waals surface area (Å²) in [5.41, 5.74) is 2.10. The molecule has 6 atom stereocenters. The molecule has 0 aromatic carbocycles. The fourth-order valence-electron chi connectivity index (χ4n) is 3.28. The molecule has 1 fully saturated rings. The van der Waals surface area contributed by atoms with E-state index in [1.54, 1.807) is 32.1 Å². The molecule has 37 heavy (non-hydrogen) atoms. The van der Waals surface area contributed by atoms with Gasteiger partial charge in [0.25, 0.3) is 0 Å². The van der Waals surface area contributed by atoms with Gasteiger partial charge < -0.3 is 44.8 Å². The van der Waals surface area contributed by atoms with Crippen molar-refractivity contribution in [2.24, 2.45) is 0 Å². The molecule has 210 valence electrons. The number of carbonyl (C=O) groups is 2. The third kappa shape index (κ3) is 10.9. The quantitative estimate of drug-likeness (QED) is 0.109. The van der Waals surface area contributed by atoms with Crippen LogP contribution in [0.15, 0.2) is 46.6 Å². The molecule has 11 heteroatoms. The molecule has 11 nitrogen and oxygen atoms in total. The summed E-state index contributed by atoms with van der Waals surface area (Å²) in [7, 11) is 0. The minimum absolute atomic E-state index is 0.0182. The molecule has 0 saturated carbocycles. The van der Waals surface area contributed by atoms with Crippen LogP contribution >= 0.6 is 0 Å². The van der Waals surface area contributed by atoms with E-state index in [2.05, 4.69) is 0 Å². The van der Waals surface area contributed by atoms with Gasteiger partial charge in [0, 0.05) is 11.1 Å². The largest absolute Gasteiger partial charge is 0.458 e. The predicted octanol–water partition coefficient (Wildman–Crippen LogP) is 0.181. The van der Waals surface area contributed by atoms with Crippen molar-refractivity contribution < 1.29 is 54.4 Å². The minimum atomic E-state index is -1.71. The SMILES string of the molecule is C/C(=C\CO)CC/C=C(\C)C(=O)OC/C=C(\C)C(O)C/C=C(\C)C(=O)O[C@@H]1O[C@H](CO)[C@@H](O)[C@H](O)[C@H]1O. The van der Waals surface area contributed by atoms with Crippen LogP contribution in [0.2, 0.25) is 0 Å². The molecule has 1 saturated heterocycles. The molecule has 0 bridgehead atoms. The number of allylic oxidation sites excluding steroid dienone is 2. The van der Waals surface area contributed by atoms with Crippen molar-refractivity contribution in [1.29, 1.82) is 0 Å². The fraction of sp³-hybridized carbons (Fsp3) is 0.615. The molecular formula is C26H40O11. The Morgan fingerprint density at radius 2 is 1.54 bits per heavy atom. The fourth-order valence-corrected chi connectivity index (χ4v) is 3.28. The molecular weight excluding hydrogens is 488 g/mol. The zero-order chi connectivity index (χ0) is 28.1. The summed E-state index contributed by atoms with van der Waals surface area (Å²) >= 11 is 0. The van der Waals surface area contributed by atoms with E-state index >= 15 is 0 Å². The van der Waals surface area contributed by atoms with E-state index in [0.29, 0.717) is 17.6 Å². The van der Waals surface area contributed by atoms with E-state index in [-0.39, 0.29) is 25.2 Å². The first-order valence-corrected chi connectivity index (χ1v) is 12.1. The number of esters is 2. The summed E-state index contributed by atoms with van der Waals surface area (Å²) in [6.45, 7) is 5.91. The number of carbonyl (C=O) groups excluding carboxylic acids is 2. The van der Waals surface area contributed by atoms with Crippen molar-refractivity contribution in [3.63, 3.8) is 0 Å². The van der Waals surface area contributed by atoms with Gasteiger partial charge >= 0.3 is 11.9 Å². The standard InChI is InChI=1S/C26H40O11/c1-15(10-12-27)6-5-7-17(3)24(33)35-13-11-16(2)19(29)9-8-18(4)25(34)37-26-23(32)22(31)21(30)20(14-28)36-26/h7-8,10-11,19-23,26-32H,5-6,9,12-14H2,1-4H3/b15-10+,16-11+,17-7+,18-8+/t19?,20-,21-,22+,23-,26+/m1/s1. The van der Waals surface area contributed by atoms with Crippen LogP contribution < -0.4 is 0 Å². The summed E-state index contributed by atoms with van der Waals surface area (Å²) in [5.74, 6) is -1.36. The lowest BCUT2D eigenvalue weighted by atomic mass is 9.99. The van der Waals surface area contributed by atoms with Gasteiger partial charge in [0.05, 0.1) is 19.3 Å². The van der Waals surface area contributed by atoms with E-state index < -0.39 is 55.4 Å². The number of ether oxygens (including phenoxy) is 3. The third-order valence-corrected chi connectivity index (χ3v) is 5.94. The van der Waals surface area contributed by atoms with Gasteiger partial charge in [0.2, 0.25) is 6.29 Å². The van der Waals surface area contributed by atoms with Crippen LogP contribution in [0.3, 0.4) is 0 Å². The van der Waals surface area contributed by atoms with Crippen LogP contribution in [-0.4, -0.2) is 99.2 Å². The van der Waals surface area contributed by atoms with Gasteiger partial charge in [-0.2, -0.15) is 0 Å². The second-order valence-corrected chi connectivity index (χ2v) is 8.95. The lowest BCUT2D eigenvalue weighted by Crippen LogP contribution is -2.59. The van der Waals surface area contributed by atoms with Crippen molar-refractivity contribution in [1.82, 2.24) is 0 Å². The Morgan fingerprint density at radius 1 is 0.892 bits per heavy atom. The maximum atomic E-state index is 12.3. The minimum Gasteiger partial charge on any atom is -0.458 e. The zero-order valence-corrected chi connectivity index (χ0v) is 21.7. The predicted molar refractivity (Wildman–Crippen MR) is 133 cm³/mol. The molecule has 1 aliphatic rings. The van der Waals surface area contributed by atoms with E-state index in [0.717, 1.165) is 12.0 Å². The molecule has 1 heterocycles. The average Bonchev–Trinajstić information content (AvgIpc) is 2.86. The van der Waals surface area contributed by atoms with Gasteiger partial charge in [0.1, 0.15) is 31.0 Å². The van der Waals surface area contributed by atoms with Crippen molar-refractivity contribution in [3.8, 4) is 0 Å². The topological polar surface area (TPSA) is 183 Å². The normalized spacial score (nSPS) is 26.6. The number of hydrogen-bond donors (Lipinski definition) is 6. The van der Waals surface area contributed by atoms with E-state index in [1.807, 2.05) is 6.92 Å². The maximum absolute atomic E-state index is 12.3. The molecule has 0 amide bonds. The summed E-state index contributed by atoms with van der Waals surface area (Å²) in [6.07, 6.45) is -0.863. The van der Waals surface area contributed by atoms with E-state index in [1.165, 1.54) is 13.0 Å². The molecule has 6 N–H and O–H groups in total. The molecule has 0 aromatic heterocycles. The lowest BCUT2D eigenvalue weighted by molar-refractivity contribution is -0.291. The van der Waals surface area contributed by atoms with Gasteiger partial charge in [-0.3, -0.25) is 0 Å². The van der Waals surface area contributed by atoms with Crippen LogP contribution in [0.5, 0.6) is 0 Å². The molecule has 0 spiro atoms. The zero-order valence-electron chi connectivity index (χ0n) is 21.7. The van der Waals surface area contributed by atoms with E-state index in [9.17, 15) is 35.1 Å². The monoisotopic (exact) mass is 528 g/mol. The Bertz CT molecular complexity index is 872. The van der Waals surface area contributed by atoms with Crippen LogP contribution in [0.4, 0.5) is 0 Å². The number of aliphatic hydroxyl groups is 6. The molecule has 0 radical (unpaired) electrons. The van der Waals surface area contributed by atoms with E-state index in [4.69, 9.17) is 19.3 Å². The lowest BCUT2D eigenvalue weighted by Gasteiger charge is -2.39. The van der Waals surface area contributed by atoms with Crippen molar-refractivity contribution in [3.05, 3.63) is 46.6 Å². The summed E-state index contributed by atoms with van der Waals surface area (Å²) in [6, 6.07) is 0. The molecule has 1 aliphatic heterocycles. The first-order valence-electron chi connectivity index (χ1n) is 12.1. The Morgan fingerprint density at radius 3 is 2.16 bits per heavy atom.